The fourth-order valence-electron chi connectivity index (χ4n) is 5.19. The summed E-state index contributed by atoms with van der Waals surface area (Å²) in [5.74, 6) is -0.186. The van der Waals surface area contributed by atoms with E-state index in [1.54, 1.807) is 30.7 Å². The van der Waals surface area contributed by atoms with Crippen LogP contribution in [0.4, 0.5) is 11.4 Å². The molecule has 1 saturated heterocycles. The summed E-state index contributed by atoms with van der Waals surface area (Å²) in [7, 11) is 2.16. The number of aromatic amines is 2. The predicted molar refractivity (Wildman–Crippen MR) is 156 cm³/mol. The summed E-state index contributed by atoms with van der Waals surface area (Å²) in [5.41, 5.74) is 7.37. The van der Waals surface area contributed by atoms with Crippen molar-refractivity contribution in [3.05, 3.63) is 85.1 Å². The number of rotatable bonds is 5. The van der Waals surface area contributed by atoms with Gasteiger partial charge in [-0.3, -0.25) is 19.9 Å². The number of aromatic nitrogens is 6. The SMILES string of the molecule is CN1CCN(c2cncc3[nH]c(-c4n[nH]c5ncc(-c6cncc(NC(=O)c7ccccc7)c6)cc45)cc23)CC1. The Morgan fingerprint density at radius 3 is 2.52 bits per heavy atom. The fourth-order valence-corrected chi connectivity index (χ4v) is 5.19. The summed E-state index contributed by atoms with van der Waals surface area (Å²) in [6.45, 7) is 3.99. The number of anilines is 2. The fraction of sp³-hybridized carbons (Fsp3) is 0.167. The van der Waals surface area contributed by atoms with Crippen LogP contribution in [0.5, 0.6) is 0 Å². The predicted octanol–water partition coefficient (Wildman–Crippen LogP) is 4.57. The molecule has 0 bridgehead atoms. The zero-order valence-corrected chi connectivity index (χ0v) is 21.9. The third-order valence-corrected chi connectivity index (χ3v) is 7.41. The molecule has 1 aromatic carbocycles. The molecule has 0 aliphatic carbocycles. The van der Waals surface area contributed by atoms with E-state index in [0.717, 1.165) is 70.7 Å². The van der Waals surface area contributed by atoms with Gasteiger partial charge >= 0.3 is 0 Å². The molecule has 6 heterocycles. The minimum absolute atomic E-state index is 0.186. The zero-order chi connectivity index (χ0) is 27.1. The molecule has 10 nitrogen and oxygen atoms in total. The Kier molecular flexibility index (Phi) is 5.94. The lowest BCUT2D eigenvalue weighted by atomic mass is 10.1. The van der Waals surface area contributed by atoms with E-state index in [1.807, 2.05) is 42.7 Å². The summed E-state index contributed by atoms with van der Waals surface area (Å²) in [5, 5.41) is 12.6. The molecule has 1 aliphatic heterocycles. The van der Waals surface area contributed by atoms with Gasteiger partial charge in [-0.15, -0.1) is 0 Å². The summed E-state index contributed by atoms with van der Waals surface area (Å²) >= 11 is 0. The molecular weight excluding hydrogens is 502 g/mol. The topological polar surface area (TPSA) is 119 Å². The molecule has 1 amide bonds. The maximum absolute atomic E-state index is 12.6. The van der Waals surface area contributed by atoms with Crippen LogP contribution in [-0.4, -0.2) is 74.2 Å². The first-order valence-corrected chi connectivity index (χ1v) is 13.2. The number of nitrogens with zero attached hydrogens (tertiary/aromatic N) is 6. The second-order valence-electron chi connectivity index (χ2n) is 10.1. The zero-order valence-electron chi connectivity index (χ0n) is 21.9. The monoisotopic (exact) mass is 529 g/mol. The van der Waals surface area contributed by atoms with Gasteiger partial charge in [0.15, 0.2) is 5.65 Å². The van der Waals surface area contributed by atoms with Crippen LogP contribution < -0.4 is 10.2 Å². The molecular formula is C30H27N9O. The number of likely N-dealkylation sites (N-methyl/N-ethyl adjacent to an activating group) is 1. The van der Waals surface area contributed by atoms with Crippen LogP contribution in [0.25, 0.3) is 44.5 Å². The van der Waals surface area contributed by atoms with Gasteiger partial charge in [0.2, 0.25) is 0 Å². The highest BCUT2D eigenvalue weighted by Gasteiger charge is 2.20. The van der Waals surface area contributed by atoms with Crippen LogP contribution in [-0.2, 0) is 0 Å². The van der Waals surface area contributed by atoms with Gasteiger partial charge in [-0.25, -0.2) is 4.98 Å². The van der Waals surface area contributed by atoms with E-state index in [4.69, 9.17) is 0 Å². The van der Waals surface area contributed by atoms with Crippen molar-refractivity contribution in [3.8, 4) is 22.5 Å². The maximum Gasteiger partial charge on any atom is 0.255 e. The number of fused-ring (bicyclic) bond motifs is 2. The number of hydrogen-bond acceptors (Lipinski definition) is 7. The number of amides is 1. The number of hydrogen-bond donors (Lipinski definition) is 3. The minimum atomic E-state index is -0.186. The quantitative estimate of drug-likeness (QED) is 0.299. The maximum atomic E-state index is 12.6. The van der Waals surface area contributed by atoms with Gasteiger partial charge in [0, 0.05) is 66.0 Å². The van der Waals surface area contributed by atoms with Gasteiger partial charge in [0.25, 0.3) is 5.91 Å². The molecule has 1 aliphatic rings. The van der Waals surface area contributed by atoms with Crippen LogP contribution in [0.15, 0.2) is 79.5 Å². The van der Waals surface area contributed by atoms with Crippen LogP contribution >= 0.6 is 0 Å². The molecule has 40 heavy (non-hydrogen) atoms. The molecule has 0 unspecified atom stereocenters. The molecule has 7 rings (SSSR count). The summed E-state index contributed by atoms with van der Waals surface area (Å²) in [6.07, 6.45) is 8.99. The molecule has 6 aromatic rings. The first-order chi connectivity index (χ1) is 19.6. The van der Waals surface area contributed by atoms with E-state index in [2.05, 4.69) is 58.4 Å². The van der Waals surface area contributed by atoms with Crippen molar-refractivity contribution in [1.29, 1.82) is 0 Å². The second kappa shape index (κ2) is 9.90. The Labute approximate surface area is 230 Å². The first kappa shape index (κ1) is 24.0. The molecule has 5 aromatic heterocycles. The van der Waals surface area contributed by atoms with Crippen molar-refractivity contribution in [1.82, 2.24) is 35.0 Å². The van der Waals surface area contributed by atoms with Gasteiger partial charge < -0.3 is 20.1 Å². The standard InChI is InChI=1S/C30H27N9O/c1-38-7-9-39(10-8-38)27-18-32-17-26-23(27)13-25(35-26)28-24-12-21(15-33-29(24)37-36-28)20-11-22(16-31-14-20)34-30(40)19-5-3-2-4-6-19/h2-6,11-18,35H,7-10H2,1H3,(H,34,40)(H,33,36,37). The van der Waals surface area contributed by atoms with E-state index < -0.39 is 0 Å². The molecule has 0 spiro atoms. The Balaban J connectivity index is 1.21. The Morgan fingerprint density at radius 2 is 1.68 bits per heavy atom. The van der Waals surface area contributed by atoms with Gasteiger partial charge in [0.05, 0.1) is 41.2 Å². The lowest BCUT2D eigenvalue weighted by Crippen LogP contribution is -2.44. The third-order valence-electron chi connectivity index (χ3n) is 7.41. The van der Waals surface area contributed by atoms with Crippen LogP contribution in [0, 0.1) is 0 Å². The second-order valence-corrected chi connectivity index (χ2v) is 10.1. The van der Waals surface area contributed by atoms with Gasteiger partial charge in [0.1, 0.15) is 5.69 Å². The highest BCUT2D eigenvalue weighted by Crippen LogP contribution is 2.34. The first-order valence-electron chi connectivity index (χ1n) is 13.2. The Morgan fingerprint density at radius 1 is 0.875 bits per heavy atom. The molecule has 3 N–H and O–H groups in total. The number of pyridine rings is 3. The largest absolute Gasteiger partial charge is 0.367 e. The van der Waals surface area contributed by atoms with Gasteiger partial charge in [-0.2, -0.15) is 5.10 Å². The van der Waals surface area contributed by atoms with Crippen molar-refractivity contribution in [2.75, 3.05) is 43.4 Å². The van der Waals surface area contributed by atoms with Crippen LogP contribution in [0.1, 0.15) is 10.4 Å². The highest BCUT2D eigenvalue weighted by atomic mass is 16.1. The van der Waals surface area contributed by atoms with E-state index >= 15 is 0 Å². The highest BCUT2D eigenvalue weighted by molar-refractivity contribution is 6.04. The van der Waals surface area contributed by atoms with Gasteiger partial charge in [-0.1, -0.05) is 18.2 Å². The third kappa shape index (κ3) is 4.44. The van der Waals surface area contributed by atoms with E-state index in [0.29, 0.717) is 16.9 Å². The molecule has 0 radical (unpaired) electrons. The van der Waals surface area contributed by atoms with Crippen molar-refractivity contribution in [2.45, 2.75) is 0 Å². The lowest BCUT2D eigenvalue weighted by molar-refractivity contribution is 0.102. The normalized spacial score (nSPS) is 14.2. The minimum Gasteiger partial charge on any atom is -0.367 e. The number of benzene rings is 1. The number of nitrogens with one attached hydrogen (secondary N) is 3. The van der Waals surface area contributed by atoms with E-state index in [-0.39, 0.29) is 5.91 Å². The number of H-pyrrole nitrogens is 2. The summed E-state index contributed by atoms with van der Waals surface area (Å²) in [4.78, 5) is 34.4. The van der Waals surface area contributed by atoms with E-state index in [9.17, 15) is 4.79 Å². The van der Waals surface area contributed by atoms with Crippen molar-refractivity contribution in [3.63, 3.8) is 0 Å². The summed E-state index contributed by atoms with van der Waals surface area (Å²) < 4.78 is 0. The molecule has 0 atom stereocenters. The number of carbonyl (C=O) groups excluding carboxylic acids is 1. The van der Waals surface area contributed by atoms with Crippen molar-refractivity contribution < 1.29 is 4.79 Å². The molecule has 198 valence electrons. The smallest absolute Gasteiger partial charge is 0.255 e. The lowest BCUT2D eigenvalue weighted by Gasteiger charge is -2.34. The van der Waals surface area contributed by atoms with Crippen molar-refractivity contribution in [2.24, 2.45) is 0 Å². The number of carbonyl (C=O) groups is 1. The molecule has 0 saturated carbocycles. The van der Waals surface area contributed by atoms with Crippen LogP contribution in [0.2, 0.25) is 0 Å². The number of piperazine rings is 1. The average molecular weight is 530 g/mol. The Hall–Kier alpha value is -5.09. The van der Waals surface area contributed by atoms with Gasteiger partial charge in [-0.05, 0) is 37.4 Å². The molecule has 10 heteroatoms. The van der Waals surface area contributed by atoms with Crippen LogP contribution in [0.3, 0.4) is 0 Å². The Bertz CT molecular complexity index is 1830. The van der Waals surface area contributed by atoms with E-state index in [1.165, 1.54) is 0 Å². The average Bonchev–Trinajstić information content (AvgIpc) is 3.62. The summed E-state index contributed by atoms with van der Waals surface area (Å²) in [6, 6.07) is 15.2. The van der Waals surface area contributed by atoms with Crippen molar-refractivity contribution >= 4 is 39.2 Å². The molecule has 1 fully saturated rings.